The molecule has 2 fully saturated rings. The lowest BCUT2D eigenvalue weighted by Gasteiger charge is -2.49. The molecule has 2 aliphatic carbocycles. The first-order chi connectivity index (χ1) is 19.7. The molecule has 214 valence electrons. The lowest BCUT2D eigenvalue weighted by atomic mass is 9.69. The Labute approximate surface area is 246 Å². The van der Waals surface area contributed by atoms with Crippen LogP contribution in [0.1, 0.15) is 53.8 Å². The van der Waals surface area contributed by atoms with E-state index < -0.39 is 34.7 Å². The van der Waals surface area contributed by atoms with Crippen molar-refractivity contribution in [3.8, 4) is 11.1 Å². The lowest BCUT2D eigenvalue weighted by molar-refractivity contribution is -0.214. The molecule has 2 aromatic carbocycles. The van der Waals surface area contributed by atoms with E-state index >= 15 is 4.39 Å². The molecule has 11 heteroatoms. The minimum absolute atomic E-state index is 0.0372. The fourth-order valence-corrected chi connectivity index (χ4v) is 6.35. The van der Waals surface area contributed by atoms with E-state index in [0.29, 0.717) is 34.0 Å². The lowest BCUT2D eigenvalue weighted by Crippen LogP contribution is -2.56. The molecular weight excluding hydrogens is 570 g/mol. The smallest absolute Gasteiger partial charge is 0.258 e. The van der Waals surface area contributed by atoms with Crippen LogP contribution in [0.15, 0.2) is 48.8 Å². The monoisotopic (exact) mass is 598 g/mol. The van der Waals surface area contributed by atoms with Gasteiger partial charge in [0.25, 0.3) is 5.91 Å². The predicted molar refractivity (Wildman–Crippen MR) is 150 cm³/mol. The summed E-state index contributed by atoms with van der Waals surface area (Å²) in [5.41, 5.74) is 4.41. The Balaban J connectivity index is 1.58. The highest BCUT2D eigenvalue weighted by molar-refractivity contribution is 6.30. The highest BCUT2D eigenvalue weighted by atomic mass is 35.5. The van der Waals surface area contributed by atoms with Gasteiger partial charge >= 0.3 is 0 Å². The normalized spacial score (nSPS) is 21.9. The summed E-state index contributed by atoms with van der Waals surface area (Å²) in [4.78, 5) is 36.9. The number of ether oxygens (including phenoxy) is 1. The average Bonchev–Trinajstić information content (AvgIpc) is 3.69. The molecule has 2 amide bonds. The van der Waals surface area contributed by atoms with Gasteiger partial charge in [0, 0.05) is 23.3 Å². The van der Waals surface area contributed by atoms with Crippen molar-refractivity contribution >= 4 is 35.0 Å². The maximum Gasteiger partial charge on any atom is 0.258 e. The summed E-state index contributed by atoms with van der Waals surface area (Å²) in [5, 5.41) is 11.7. The van der Waals surface area contributed by atoms with Crippen molar-refractivity contribution in [1.29, 1.82) is 0 Å². The van der Waals surface area contributed by atoms with Crippen molar-refractivity contribution in [2.45, 2.75) is 44.4 Å². The quantitative estimate of drug-likeness (QED) is 0.335. The van der Waals surface area contributed by atoms with Gasteiger partial charge in [-0.3, -0.25) is 14.5 Å². The molecule has 2 atom stereocenters. The Morgan fingerprint density at radius 2 is 1.80 bits per heavy atom. The Kier molecular flexibility index (Phi) is 7.26. The van der Waals surface area contributed by atoms with Gasteiger partial charge in [-0.15, -0.1) is 0 Å². The zero-order valence-electron chi connectivity index (χ0n) is 22.2. The van der Waals surface area contributed by atoms with Crippen molar-refractivity contribution in [2.75, 3.05) is 13.2 Å². The summed E-state index contributed by atoms with van der Waals surface area (Å²) >= 11 is 12.1. The average molecular weight is 599 g/mol. The number of hydrogen-bond acceptors (Lipinski definition) is 6. The molecule has 0 bridgehead atoms. The topological polar surface area (TPSA) is 119 Å². The molecule has 1 aliphatic heterocycles. The summed E-state index contributed by atoms with van der Waals surface area (Å²) in [6.45, 7) is -0.638. The van der Waals surface area contributed by atoms with E-state index in [1.54, 1.807) is 30.3 Å². The van der Waals surface area contributed by atoms with Gasteiger partial charge in [-0.05, 0) is 60.9 Å². The number of hydrogen-bond donors (Lipinski definition) is 2. The van der Waals surface area contributed by atoms with E-state index in [0.717, 1.165) is 19.3 Å². The van der Waals surface area contributed by atoms with Crippen LogP contribution < -0.4 is 5.73 Å². The minimum atomic E-state index is -1.74. The molecule has 1 aromatic heterocycles. The Morgan fingerprint density at radius 3 is 2.37 bits per heavy atom. The first kappa shape index (κ1) is 28.0. The highest BCUT2D eigenvalue weighted by Crippen LogP contribution is 2.56. The highest BCUT2D eigenvalue weighted by Gasteiger charge is 2.62. The van der Waals surface area contributed by atoms with Crippen molar-refractivity contribution in [1.82, 2.24) is 14.9 Å². The van der Waals surface area contributed by atoms with Crippen LogP contribution >= 0.6 is 23.2 Å². The Hall–Kier alpha value is -3.11. The number of benzene rings is 2. The summed E-state index contributed by atoms with van der Waals surface area (Å²) in [6, 6.07) is 9.79. The molecule has 1 unspecified atom stereocenters. The largest absolute Gasteiger partial charge is 0.396 e. The van der Waals surface area contributed by atoms with Gasteiger partial charge in [-0.25, -0.2) is 14.4 Å². The van der Waals surface area contributed by atoms with Crippen LogP contribution in [0, 0.1) is 23.1 Å². The van der Waals surface area contributed by atoms with Crippen LogP contribution in [0.25, 0.3) is 11.1 Å². The standard InChI is InChI=1S/C30H29Cl2FN4O4/c31-19-6-4-17(5-7-19)21-8-9-23(33)26-25(21)27(39)37(14-24-35-12-20(32)13-36-24)30(26,22(15-38)18-2-1-3-18)41-16-29(10-11-29)28(34)40/h4-9,12-13,18,22,38H,1-3,10-11,14-16H2,(H2,34,40)/t22?,30-/m1/s1. The van der Waals surface area contributed by atoms with Crippen molar-refractivity contribution < 1.29 is 23.8 Å². The van der Waals surface area contributed by atoms with Crippen LogP contribution in [-0.4, -0.2) is 45.0 Å². The maximum absolute atomic E-state index is 16.3. The molecule has 0 saturated heterocycles. The molecule has 3 N–H and O–H groups in total. The van der Waals surface area contributed by atoms with Gasteiger partial charge in [-0.2, -0.15) is 0 Å². The first-order valence-electron chi connectivity index (χ1n) is 13.6. The fourth-order valence-electron chi connectivity index (χ4n) is 6.13. The summed E-state index contributed by atoms with van der Waals surface area (Å²) in [5.74, 6) is -2.12. The first-order valence-corrected chi connectivity index (χ1v) is 14.4. The molecule has 0 radical (unpaired) electrons. The SMILES string of the molecule is NC(=O)C1(CO[C@]2(C(CO)C3CCC3)c3c(F)ccc(-c4ccc(Cl)cc4)c3C(=O)N2Cc2ncc(Cl)cn2)CC1. The van der Waals surface area contributed by atoms with Gasteiger partial charge in [0.05, 0.1) is 41.3 Å². The van der Waals surface area contributed by atoms with Crippen molar-refractivity contribution in [3.05, 3.63) is 81.6 Å². The third-order valence-corrected chi connectivity index (χ3v) is 9.31. The molecule has 8 nitrogen and oxygen atoms in total. The fraction of sp³-hybridized carbons (Fsp3) is 0.400. The van der Waals surface area contributed by atoms with Crippen LogP contribution in [0.5, 0.6) is 0 Å². The van der Waals surface area contributed by atoms with Gasteiger partial charge in [0.15, 0.2) is 5.72 Å². The van der Waals surface area contributed by atoms with Crippen LogP contribution in [0.3, 0.4) is 0 Å². The molecule has 3 aromatic rings. The minimum Gasteiger partial charge on any atom is -0.396 e. The molecule has 2 heterocycles. The second kappa shape index (κ2) is 10.6. The zero-order valence-corrected chi connectivity index (χ0v) is 23.7. The third kappa shape index (κ3) is 4.69. The number of carbonyl (C=O) groups excluding carboxylic acids is 2. The number of primary amides is 1. The second-order valence-corrected chi connectivity index (χ2v) is 12.0. The second-order valence-electron chi connectivity index (χ2n) is 11.2. The summed E-state index contributed by atoms with van der Waals surface area (Å²) in [7, 11) is 0. The number of nitrogens with two attached hydrogens (primary N) is 1. The van der Waals surface area contributed by atoms with Gasteiger partial charge in [0.2, 0.25) is 5.91 Å². The van der Waals surface area contributed by atoms with Crippen LogP contribution in [-0.2, 0) is 21.8 Å². The number of nitrogens with zero attached hydrogens (tertiary/aromatic N) is 3. The third-order valence-electron chi connectivity index (χ3n) is 8.86. The predicted octanol–water partition coefficient (Wildman–Crippen LogP) is 5.09. The number of aliphatic hydroxyl groups is 1. The summed E-state index contributed by atoms with van der Waals surface area (Å²) in [6.07, 6.45) is 6.40. The van der Waals surface area contributed by atoms with Gasteiger partial charge < -0.3 is 15.6 Å². The molecule has 3 aliphatic rings. The van der Waals surface area contributed by atoms with E-state index in [9.17, 15) is 14.7 Å². The van der Waals surface area contributed by atoms with E-state index in [-0.39, 0.29) is 42.6 Å². The van der Waals surface area contributed by atoms with E-state index in [2.05, 4.69) is 9.97 Å². The number of aromatic nitrogens is 2. The molecule has 0 spiro atoms. The van der Waals surface area contributed by atoms with Crippen molar-refractivity contribution in [2.24, 2.45) is 23.0 Å². The molecule has 2 saturated carbocycles. The number of fused-ring (bicyclic) bond motifs is 1. The Bertz CT molecular complexity index is 1500. The number of halogens is 3. The van der Waals surface area contributed by atoms with Crippen LogP contribution in [0.2, 0.25) is 10.0 Å². The van der Waals surface area contributed by atoms with Crippen molar-refractivity contribution in [3.63, 3.8) is 0 Å². The number of aliphatic hydroxyl groups excluding tert-OH is 1. The van der Waals surface area contributed by atoms with Crippen LogP contribution in [0.4, 0.5) is 4.39 Å². The van der Waals surface area contributed by atoms with Gasteiger partial charge in [0.1, 0.15) is 11.6 Å². The molecule has 6 rings (SSSR count). The number of amides is 2. The molecular formula is C30H29Cl2FN4O4. The van der Waals surface area contributed by atoms with E-state index in [1.807, 2.05) is 0 Å². The van der Waals surface area contributed by atoms with E-state index in [1.165, 1.54) is 23.4 Å². The van der Waals surface area contributed by atoms with Gasteiger partial charge in [-0.1, -0.05) is 47.8 Å². The maximum atomic E-state index is 16.3. The zero-order chi connectivity index (χ0) is 28.9. The number of rotatable bonds is 10. The van der Waals surface area contributed by atoms with E-state index in [4.69, 9.17) is 33.7 Å². The number of carbonyl (C=O) groups is 2. The summed E-state index contributed by atoms with van der Waals surface area (Å²) < 4.78 is 22.9. The molecule has 41 heavy (non-hydrogen) atoms. The Morgan fingerprint density at radius 1 is 1.12 bits per heavy atom.